The van der Waals surface area contributed by atoms with Gasteiger partial charge in [-0.2, -0.15) is 0 Å². The molecular formula is C13H17Cl2N. The molecule has 0 radical (unpaired) electrons. The molecular weight excluding hydrogens is 241 g/mol. The summed E-state index contributed by atoms with van der Waals surface area (Å²) in [6.07, 6.45) is 3.98. The first-order valence-electron chi connectivity index (χ1n) is 5.85. The summed E-state index contributed by atoms with van der Waals surface area (Å²) in [5.41, 5.74) is 1.25. The Morgan fingerprint density at radius 2 is 2.06 bits per heavy atom. The average molecular weight is 258 g/mol. The second-order valence-electron chi connectivity index (χ2n) is 4.56. The normalized spacial score (nSPS) is 22.3. The first-order chi connectivity index (χ1) is 7.66. The second-order valence-corrected chi connectivity index (χ2v) is 5.38. The van der Waals surface area contributed by atoms with E-state index in [4.69, 9.17) is 23.2 Å². The number of piperidine rings is 1. The largest absolute Gasteiger partial charge is 0.296 e. The summed E-state index contributed by atoms with van der Waals surface area (Å²) in [6.45, 7) is 4.48. The molecule has 0 bridgehead atoms. The van der Waals surface area contributed by atoms with Crippen LogP contribution in [0.15, 0.2) is 18.2 Å². The van der Waals surface area contributed by atoms with Crippen LogP contribution in [0.1, 0.15) is 31.7 Å². The number of hydrogen-bond donors (Lipinski definition) is 0. The molecule has 0 spiro atoms. The van der Waals surface area contributed by atoms with Crippen LogP contribution >= 0.6 is 23.2 Å². The molecule has 0 N–H and O–H groups in total. The van der Waals surface area contributed by atoms with E-state index in [0.29, 0.717) is 16.1 Å². The molecule has 1 heterocycles. The van der Waals surface area contributed by atoms with Gasteiger partial charge >= 0.3 is 0 Å². The van der Waals surface area contributed by atoms with Gasteiger partial charge in [-0.3, -0.25) is 4.90 Å². The Morgan fingerprint density at radius 1 is 1.25 bits per heavy atom. The molecule has 1 fully saturated rings. The Kier molecular flexibility index (Phi) is 4.12. The fourth-order valence-corrected chi connectivity index (χ4v) is 2.59. The van der Waals surface area contributed by atoms with Crippen molar-refractivity contribution in [2.45, 2.75) is 38.8 Å². The van der Waals surface area contributed by atoms with E-state index >= 15 is 0 Å². The predicted molar refractivity (Wildman–Crippen MR) is 70.2 cm³/mol. The maximum Gasteiger partial charge on any atom is 0.0595 e. The van der Waals surface area contributed by atoms with Crippen molar-refractivity contribution in [1.82, 2.24) is 4.90 Å². The first kappa shape index (κ1) is 12.2. The van der Waals surface area contributed by atoms with Gasteiger partial charge in [-0.1, -0.05) is 35.7 Å². The van der Waals surface area contributed by atoms with Crippen LogP contribution in [0.2, 0.25) is 10.0 Å². The summed E-state index contributed by atoms with van der Waals surface area (Å²) < 4.78 is 0. The molecule has 1 aromatic carbocycles. The van der Waals surface area contributed by atoms with Gasteiger partial charge in [0.05, 0.1) is 10.0 Å². The van der Waals surface area contributed by atoms with E-state index in [-0.39, 0.29) is 0 Å². The van der Waals surface area contributed by atoms with Crippen molar-refractivity contribution in [2.24, 2.45) is 0 Å². The Hall–Kier alpha value is -0.240. The van der Waals surface area contributed by atoms with Crippen LogP contribution in [0, 0.1) is 0 Å². The topological polar surface area (TPSA) is 3.24 Å². The zero-order valence-electron chi connectivity index (χ0n) is 9.55. The molecule has 2 rings (SSSR count). The number of nitrogens with zero attached hydrogens (tertiary/aromatic N) is 1. The highest BCUT2D eigenvalue weighted by atomic mass is 35.5. The fourth-order valence-electron chi connectivity index (χ4n) is 2.26. The lowest BCUT2D eigenvalue weighted by molar-refractivity contribution is 0.152. The maximum absolute atomic E-state index is 6.02. The van der Waals surface area contributed by atoms with Gasteiger partial charge < -0.3 is 0 Å². The lowest BCUT2D eigenvalue weighted by Gasteiger charge is -2.33. The van der Waals surface area contributed by atoms with Crippen LogP contribution in [0.25, 0.3) is 0 Å². The zero-order valence-corrected chi connectivity index (χ0v) is 11.1. The molecule has 0 amide bonds. The minimum atomic E-state index is 0.636. The van der Waals surface area contributed by atoms with Crippen LogP contribution in [0.5, 0.6) is 0 Å². The lowest BCUT2D eigenvalue weighted by atomic mass is 10.0. The van der Waals surface area contributed by atoms with Gasteiger partial charge in [0.2, 0.25) is 0 Å². The van der Waals surface area contributed by atoms with Crippen LogP contribution in [0.4, 0.5) is 0 Å². The SMILES string of the molecule is CC1CCCCN1Cc1ccc(Cl)c(Cl)c1. The third-order valence-corrected chi connectivity index (χ3v) is 4.05. The van der Waals surface area contributed by atoms with E-state index in [1.165, 1.54) is 31.4 Å². The smallest absolute Gasteiger partial charge is 0.0595 e. The van der Waals surface area contributed by atoms with Crippen LogP contribution in [-0.2, 0) is 6.54 Å². The summed E-state index contributed by atoms with van der Waals surface area (Å²) in [5, 5.41) is 1.29. The molecule has 16 heavy (non-hydrogen) atoms. The quantitative estimate of drug-likeness (QED) is 0.761. The molecule has 0 saturated carbocycles. The average Bonchev–Trinajstić information content (AvgIpc) is 2.27. The lowest BCUT2D eigenvalue weighted by Crippen LogP contribution is -2.36. The minimum Gasteiger partial charge on any atom is -0.296 e. The highest BCUT2D eigenvalue weighted by Gasteiger charge is 2.18. The Labute approximate surface area is 107 Å². The molecule has 1 aliphatic heterocycles. The van der Waals surface area contributed by atoms with E-state index < -0.39 is 0 Å². The number of halogens is 2. The fraction of sp³-hybridized carbons (Fsp3) is 0.538. The summed E-state index contributed by atoms with van der Waals surface area (Å²) in [6, 6.07) is 6.61. The van der Waals surface area contributed by atoms with Crippen molar-refractivity contribution < 1.29 is 0 Å². The Bertz CT molecular complexity index is 365. The van der Waals surface area contributed by atoms with Gasteiger partial charge in [0.25, 0.3) is 0 Å². The van der Waals surface area contributed by atoms with Gasteiger partial charge in [-0.25, -0.2) is 0 Å². The van der Waals surface area contributed by atoms with Crippen LogP contribution in [-0.4, -0.2) is 17.5 Å². The van der Waals surface area contributed by atoms with Gasteiger partial charge in [0, 0.05) is 12.6 Å². The highest BCUT2D eigenvalue weighted by molar-refractivity contribution is 6.42. The Balaban J connectivity index is 2.05. The molecule has 3 heteroatoms. The zero-order chi connectivity index (χ0) is 11.5. The van der Waals surface area contributed by atoms with Gasteiger partial charge in [0.1, 0.15) is 0 Å². The van der Waals surface area contributed by atoms with E-state index in [1.807, 2.05) is 12.1 Å². The molecule has 1 aromatic rings. The molecule has 1 atom stereocenters. The van der Waals surface area contributed by atoms with Crippen molar-refractivity contribution in [1.29, 1.82) is 0 Å². The summed E-state index contributed by atoms with van der Waals surface area (Å²) in [4.78, 5) is 2.52. The van der Waals surface area contributed by atoms with E-state index in [9.17, 15) is 0 Å². The molecule has 1 saturated heterocycles. The van der Waals surface area contributed by atoms with Gasteiger partial charge in [-0.05, 0) is 44.0 Å². The molecule has 0 aliphatic carbocycles. The second kappa shape index (κ2) is 5.39. The highest BCUT2D eigenvalue weighted by Crippen LogP contribution is 2.25. The minimum absolute atomic E-state index is 0.636. The van der Waals surface area contributed by atoms with E-state index in [1.54, 1.807) is 0 Å². The van der Waals surface area contributed by atoms with Crippen molar-refractivity contribution in [3.05, 3.63) is 33.8 Å². The maximum atomic E-state index is 6.02. The molecule has 1 nitrogen and oxygen atoms in total. The third-order valence-electron chi connectivity index (χ3n) is 3.31. The van der Waals surface area contributed by atoms with Gasteiger partial charge in [-0.15, -0.1) is 0 Å². The van der Waals surface area contributed by atoms with Crippen LogP contribution in [0.3, 0.4) is 0 Å². The third kappa shape index (κ3) is 2.91. The Morgan fingerprint density at radius 3 is 2.75 bits per heavy atom. The van der Waals surface area contributed by atoms with Crippen molar-refractivity contribution in [2.75, 3.05) is 6.54 Å². The molecule has 0 aromatic heterocycles. The van der Waals surface area contributed by atoms with Crippen molar-refractivity contribution >= 4 is 23.2 Å². The molecule has 1 aliphatic rings. The summed E-state index contributed by atoms with van der Waals surface area (Å²) in [7, 11) is 0. The van der Waals surface area contributed by atoms with E-state index in [2.05, 4.69) is 17.9 Å². The summed E-state index contributed by atoms with van der Waals surface area (Å²) >= 11 is 11.9. The van der Waals surface area contributed by atoms with E-state index in [0.717, 1.165) is 6.54 Å². The molecule has 88 valence electrons. The van der Waals surface area contributed by atoms with Gasteiger partial charge in [0.15, 0.2) is 0 Å². The number of benzene rings is 1. The first-order valence-corrected chi connectivity index (χ1v) is 6.60. The number of likely N-dealkylation sites (tertiary alicyclic amines) is 1. The number of rotatable bonds is 2. The summed E-state index contributed by atoms with van der Waals surface area (Å²) in [5.74, 6) is 0. The van der Waals surface area contributed by atoms with Crippen molar-refractivity contribution in [3.63, 3.8) is 0 Å². The van der Waals surface area contributed by atoms with Crippen LogP contribution < -0.4 is 0 Å². The monoisotopic (exact) mass is 257 g/mol. The standard InChI is InChI=1S/C13H17Cl2N/c1-10-4-2-3-7-16(10)9-11-5-6-12(14)13(15)8-11/h5-6,8,10H,2-4,7,9H2,1H3. The van der Waals surface area contributed by atoms with Crippen molar-refractivity contribution in [3.8, 4) is 0 Å². The number of hydrogen-bond acceptors (Lipinski definition) is 1. The molecule has 1 unspecified atom stereocenters. The predicted octanol–water partition coefficient (Wildman–Crippen LogP) is 4.37.